The first kappa shape index (κ1) is 29.5. The number of phenolic OH excluding ortho intramolecular Hbond substituents is 2. The first-order valence-electron chi connectivity index (χ1n) is 12.6. The Hall–Kier alpha value is -4.02. The van der Waals surface area contributed by atoms with Crippen molar-refractivity contribution in [2.75, 3.05) is 24.5 Å². The first-order valence-corrected chi connectivity index (χ1v) is 12.6. The Labute approximate surface area is 225 Å². The molecule has 2 aromatic rings. The molecule has 1 fully saturated rings. The topological polar surface area (TPSA) is 126 Å². The quantitative estimate of drug-likeness (QED) is 0.288. The molecule has 0 saturated carbocycles. The number of nitrogens with one attached hydrogen (secondary N) is 1. The first-order chi connectivity index (χ1) is 18.3. The number of carbonyl (C=O) groups excluding carboxylic acids is 1. The molecule has 1 heterocycles. The fraction of sp³-hybridized carbons (Fsp3) is 0.393. The summed E-state index contributed by atoms with van der Waals surface area (Å²) in [4.78, 5) is 20.4. The number of nitrogens with two attached hydrogens (primary N) is 1. The molecular weight excluding hydrogens is 511 g/mol. The van der Waals surface area contributed by atoms with Crippen molar-refractivity contribution in [1.82, 2.24) is 4.90 Å². The SMILES string of the molecule is CC(=N)N1CCC(N=C(N)c2ccc(O)c(/C=C/CN(C(=O)C(C)C)c3cccc(O)c3C(F)(F)F)c2)CC1. The second-order valence-corrected chi connectivity index (χ2v) is 9.77. The molecule has 0 bridgehead atoms. The summed E-state index contributed by atoms with van der Waals surface area (Å²) in [5.41, 5.74) is 5.42. The Morgan fingerprint density at radius 2 is 1.87 bits per heavy atom. The molecule has 0 atom stereocenters. The van der Waals surface area contributed by atoms with E-state index in [1.807, 2.05) is 4.90 Å². The Morgan fingerprint density at radius 1 is 1.21 bits per heavy atom. The molecule has 1 aliphatic rings. The number of alkyl halides is 3. The number of piperidine rings is 1. The summed E-state index contributed by atoms with van der Waals surface area (Å²) in [6.07, 6.45) is -0.397. The molecule has 11 heteroatoms. The zero-order chi connectivity index (χ0) is 28.9. The van der Waals surface area contributed by atoms with E-state index in [-0.39, 0.29) is 18.3 Å². The van der Waals surface area contributed by atoms with E-state index in [0.717, 1.165) is 43.0 Å². The summed E-state index contributed by atoms with van der Waals surface area (Å²) in [5.74, 6) is -1.40. The Balaban J connectivity index is 1.84. The van der Waals surface area contributed by atoms with Gasteiger partial charge in [-0.05, 0) is 50.1 Å². The van der Waals surface area contributed by atoms with E-state index in [2.05, 4.69) is 4.99 Å². The van der Waals surface area contributed by atoms with Crippen LogP contribution in [0, 0.1) is 11.3 Å². The number of hydrogen-bond donors (Lipinski definition) is 4. The summed E-state index contributed by atoms with van der Waals surface area (Å²) >= 11 is 0. The van der Waals surface area contributed by atoms with Crippen LogP contribution in [0.5, 0.6) is 11.5 Å². The van der Waals surface area contributed by atoms with Crippen LogP contribution in [0.25, 0.3) is 6.08 Å². The van der Waals surface area contributed by atoms with Gasteiger partial charge in [0.05, 0.1) is 17.6 Å². The van der Waals surface area contributed by atoms with Crippen LogP contribution in [-0.4, -0.2) is 58.4 Å². The number of phenols is 2. The predicted octanol–water partition coefficient (Wildman–Crippen LogP) is 4.99. The summed E-state index contributed by atoms with van der Waals surface area (Å²) in [6.45, 7) is 6.11. The Morgan fingerprint density at radius 3 is 2.46 bits per heavy atom. The zero-order valence-electron chi connectivity index (χ0n) is 22.2. The number of anilines is 1. The molecule has 39 heavy (non-hydrogen) atoms. The van der Waals surface area contributed by atoms with Gasteiger partial charge in [-0.3, -0.25) is 15.2 Å². The van der Waals surface area contributed by atoms with Gasteiger partial charge in [-0.15, -0.1) is 0 Å². The van der Waals surface area contributed by atoms with Crippen LogP contribution in [0.1, 0.15) is 50.3 Å². The van der Waals surface area contributed by atoms with Crippen LogP contribution in [0.4, 0.5) is 18.9 Å². The fourth-order valence-corrected chi connectivity index (χ4v) is 4.40. The molecule has 1 amide bonds. The van der Waals surface area contributed by atoms with E-state index in [1.54, 1.807) is 32.9 Å². The smallest absolute Gasteiger partial charge is 0.421 e. The monoisotopic (exact) mass is 545 g/mol. The van der Waals surface area contributed by atoms with Crippen LogP contribution in [0.2, 0.25) is 0 Å². The molecule has 8 nitrogen and oxygen atoms in total. The molecule has 2 aromatic carbocycles. The highest BCUT2D eigenvalue weighted by molar-refractivity contribution is 5.98. The lowest BCUT2D eigenvalue weighted by Gasteiger charge is -2.31. The number of nitrogens with zero attached hydrogens (tertiary/aromatic N) is 3. The summed E-state index contributed by atoms with van der Waals surface area (Å²) in [5, 5.41) is 28.0. The van der Waals surface area contributed by atoms with Crippen molar-refractivity contribution in [3.8, 4) is 11.5 Å². The molecule has 210 valence electrons. The van der Waals surface area contributed by atoms with Crippen molar-refractivity contribution >= 4 is 29.3 Å². The van der Waals surface area contributed by atoms with E-state index in [0.29, 0.717) is 22.8 Å². The van der Waals surface area contributed by atoms with Gasteiger partial charge in [-0.25, -0.2) is 0 Å². The number of rotatable bonds is 7. The third-order valence-electron chi connectivity index (χ3n) is 6.52. The molecule has 1 aliphatic heterocycles. The molecule has 1 saturated heterocycles. The molecular formula is C28H34F3N5O3. The maximum atomic E-state index is 13.7. The standard InChI is InChI=1S/C28H34F3N5O3/c1-17(2)27(39)36(22-7-4-8-24(38)25(22)28(29,30)31)13-5-6-19-16-20(9-10-23(19)37)26(33)34-21-11-14-35(15-12-21)18(3)32/h4-10,16-17,21,32,37-38H,11-15H2,1-3H3,(H2,33,34)/b6-5+,32-18?. The third-order valence-corrected chi connectivity index (χ3v) is 6.52. The number of likely N-dealkylation sites (tertiary alicyclic amines) is 1. The lowest BCUT2D eigenvalue weighted by Crippen LogP contribution is -2.38. The number of benzene rings is 2. The van der Waals surface area contributed by atoms with Crippen LogP contribution in [-0.2, 0) is 11.0 Å². The van der Waals surface area contributed by atoms with Crippen LogP contribution in [0.15, 0.2) is 47.5 Å². The van der Waals surface area contributed by atoms with E-state index in [1.165, 1.54) is 24.3 Å². The number of amidine groups is 2. The lowest BCUT2D eigenvalue weighted by molar-refractivity contribution is -0.138. The van der Waals surface area contributed by atoms with Crippen molar-refractivity contribution in [2.45, 2.75) is 45.8 Å². The molecule has 0 aromatic heterocycles. The van der Waals surface area contributed by atoms with Crippen molar-refractivity contribution < 1.29 is 28.2 Å². The minimum Gasteiger partial charge on any atom is -0.507 e. The predicted molar refractivity (Wildman–Crippen MR) is 146 cm³/mol. The van der Waals surface area contributed by atoms with Crippen LogP contribution in [0.3, 0.4) is 0 Å². The lowest BCUT2D eigenvalue weighted by atomic mass is 10.0. The van der Waals surface area contributed by atoms with E-state index in [9.17, 15) is 28.2 Å². The van der Waals surface area contributed by atoms with E-state index < -0.39 is 35.0 Å². The minimum atomic E-state index is -4.88. The van der Waals surface area contributed by atoms with Crippen molar-refractivity contribution in [1.29, 1.82) is 5.41 Å². The van der Waals surface area contributed by atoms with Crippen molar-refractivity contribution in [3.63, 3.8) is 0 Å². The average Bonchev–Trinajstić information content (AvgIpc) is 2.86. The van der Waals surface area contributed by atoms with Gasteiger partial charge < -0.3 is 25.7 Å². The van der Waals surface area contributed by atoms with Gasteiger partial charge in [0.1, 0.15) is 22.9 Å². The number of hydrogen-bond acceptors (Lipinski definition) is 5. The molecule has 5 N–H and O–H groups in total. The molecule has 3 rings (SSSR count). The number of aromatic hydroxyl groups is 2. The summed E-state index contributed by atoms with van der Waals surface area (Å²) in [7, 11) is 0. The van der Waals surface area contributed by atoms with Gasteiger partial charge in [-0.2, -0.15) is 13.2 Å². The molecule has 0 spiro atoms. The van der Waals surface area contributed by atoms with Gasteiger partial charge in [0.25, 0.3) is 0 Å². The van der Waals surface area contributed by atoms with Crippen molar-refractivity contribution in [3.05, 3.63) is 59.2 Å². The van der Waals surface area contributed by atoms with Crippen LogP contribution < -0.4 is 10.6 Å². The number of amides is 1. The second-order valence-electron chi connectivity index (χ2n) is 9.77. The highest BCUT2D eigenvalue weighted by atomic mass is 19.4. The Kier molecular flexibility index (Phi) is 9.26. The highest BCUT2D eigenvalue weighted by Gasteiger charge is 2.39. The number of aliphatic imine (C=N–C) groups is 1. The van der Waals surface area contributed by atoms with Crippen molar-refractivity contribution in [2.24, 2.45) is 16.6 Å². The average molecular weight is 546 g/mol. The fourth-order valence-electron chi connectivity index (χ4n) is 4.40. The highest BCUT2D eigenvalue weighted by Crippen LogP contribution is 2.42. The summed E-state index contributed by atoms with van der Waals surface area (Å²) in [6, 6.07) is 8.01. The normalized spacial score (nSPS) is 15.3. The van der Waals surface area contributed by atoms with Gasteiger partial charge in [0, 0.05) is 36.7 Å². The third kappa shape index (κ3) is 7.30. The maximum absolute atomic E-state index is 13.7. The molecule has 0 unspecified atom stereocenters. The van der Waals surface area contributed by atoms with Crippen LogP contribution >= 0.6 is 0 Å². The van der Waals surface area contributed by atoms with Gasteiger partial charge in [0.15, 0.2) is 0 Å². The zero-order valence-corrected chi connectivity index (χ0v) is 22.2. The molecule has 0 aliphatic carbocycles. The largest absolute Gasteiger partial charge is 0.507 e. The van der Waals surface area contributed by atoms with Gasteiger partial charge in [0.2, 0.25) is 5.91 Å². The molecule has 0 radical (unpaired) electrons. The number of carbonyl (C=O) groups is 1. The maximum Gasteiger partial charge on any atom is 0.421 e. The number of halogens is 3. The van der Waals surface area contributed by atoms with E-state index in [4.69, 9.17) is 11.1 Å². The Bertz CT molecular complexity index is 1270. The van der Waals surface area contributed by atoms with Gasteiger partial charge in [-0.1, -0.05) is 32.1 Å². The van der Waals surface area contributed by atoms with Gasteiger partial charge >= 0.3 is 6.18 Å². The van der Waals surface area contributed by atoms with E-state index >= 15 is 0 Å². The minimum absolute atomic E-state index is 0.00844. The second kappa shape index (κ2) is 12.2. The summed E-state index contributed by atoms with van der Waals surface area (Å²) < 4.78 is 41.2.